The van der Waals surface area contributed by atoms with Crippen LogP contribution in [-0.2, 0) is 17.1 Å². The molecular weight excluding hydrogens is 330 g/mol. The molecule has 0 atom stereocenters. The quantitative estimate of drug-likeness (QED) is 0.896. The first-order valence-corrected chi connectivity index (χ1v) is 8.14. The number of carbonyl (C=O) groups is 1. The van der Waals surface area contributed by atoms with Gasteiger partial charge in [-0.3, -0.25) is 4.68 Å². The van der Waals surface area contributed by atoms with Gasteiger partial charge in [-0.15, -0.1) is 0 Å². The summed E-state index contributed by atoms with van der Waals surface area (Å²) in [6.07, 6.45) is 1.12. The molecule has 0 radical (unpaired) electrons. The van der Waals surface area contributed by atoms with Gasteiger partial charge in [0.2, 0.25) is 0 Å². The molecule has 1 aromatic heterocycles. The molecule has 7 nitrogen and oxygen atoms in total. The van der Waals surface area contributed by atoms with E-state index in [2.05, 4.69) is 5.10 Å². The van der Waals surface area contributed by atoms with E-state index in [4.69, 9.17) is 11.6 Å². The van der Waals surface area contributed by atoms with Crippen LogP contribution in [0.5, 0.6) is 0 Å². The van der Waals surface area contributed by atoms with Gasteiger partial charge in [0.05, 0.1) is 11.1 Å². The average molecular weight is 344 g/mol. The van der Waals surface area contributed by atoms with Crippen molar-refractivity contribution in [3.05, 3.63) is 41.0 Å². The average Bonchev–Trinajstić information content (AvgIpc) is 2.82. The summed E-state index contributed by atoms with van der Waals surface area (Å²) in [4.78, 5) is 11.3. The van der Waals surface area contributed by atoms with Crippen molar-refractivity contribution in [2.45, 2.75) is 11.8 Å². The maximum atomic E-state index is 12.7. The van der Waals surface area contributed by atoms with Gasteiger partial charge in [0.15, 0.2) is 5.82 Å². The SMILES string of the molecule is CCN(c1c(C(=O)O)cnn1C)S(=O)(=O)c1ccc(Cl)cc1. The molecule has 22 heavy (non-hydrogen) atoms. The van der Waals surface area contributed by atoms with E-state index >= 15 is 0 Å². The number of rotatable bonds is 5. The smallest absolute Gasteiger partial charge is 0.341 e. The van der Waals surface area contributed by atoms with Crippen LogP contribution in [0, 0.1) is 0 Å². The summed E-state index contributed by atoms with van der Waals surface area (Å²) < 4.78 is 27.7. The lowest BCUT2D eigenvalue weighted by atomic mass is 10.3. The second-order valence-electron chi connectivity index (χ2n) is 4.43. The highest BCUT2D eigenvalue weighted by atomic mass is 35.5. The van der Waals surface area contributed by atoms with E-state index in [1.54, 1.807) is 6.92 Å². The molecule has 2 aromatic rings. The third-order valence-corrected chi connectivity index (χ3v) is 5.19. The largest absolute Gasteiger partial charge is 0.477 e. The predicted octanol–water partition coefficient (Wildman–Crippen LogP) is 1.99. The van der Waals surface area contributed by atoms with E-state index in [1.807, 2.05) is 0 Å². The summed E-state index contributed by atoms with van der Waals surface area (Å²) in [7, 11) is -2.43. The molecule has 1 N–H and O–H groups in total. The third kappa shape index (κ3) is 2.79. The van der Waals surface area contributed by atoms with Crippen LogP contribution in [0.1, 0.15) is 17.3 Å². The van der Waals surface area contributed by atoms with Crippen molar-refractivity contribution in [3.63, 3.8) is 0 Å². The first-order valence-electron chi connectivity index (χ1n) is 6.32. The Morgan fingerprint density at radius 3 is 2.45 bits per heavy atom. The molecule has 1 aromatic carbocycles. The highest BCUT2D eigenvalue weighted by Crippen LogP contribution is 2.27. The van der Waals surface area contributed by atoms with E-state index in [-0.39, 0.29) is 22.8 Å². The highest BCUT2D eigenvalue weighted by molar-refractivity contribution is 7.92. The lowest BCUT2D eigenvalue weighted by Crippen LogP contribution is -2.33. The first-order chi connectivity index (χ1) is 10.3. The number of aromatic carboxylic acids is 1. The van der Waals surface area contributed by atoms with Crippen molar-refractivity contribution in [2.75, 3.05) is 10.8 Å². The van der Waals surface area contributed by atoms with Crippen LogP contribution < -0.4 is 4.31 Å². The molecule has 0 aliphatic rings. The van der Waals surface area contributed by atoms with Gasteiger partial charge in [0, 0.05) is 18.6 Å². The summed E-state index contributed by atoms with van der Waals surface area (Å²) in [5, 5.41) is 13.5. The molecule has 118 valence electrons. The number of hydrogen-bond donors (Lipinski definition) is 1. The van der Waals surface area contributed by atoms with Crippen LogP contribution in [0.25, 0.3) is 0 Å². The number of aryl methyl sites for hydroxylation is 1. The summed E-state index contributed by atoms with van der Waals surface area (Å²) in [5.41, 5.74) is -0.179. The summed E-state index contributed by atoms with van der Waals surface area (Å²) in [6, 6.07) is 5.67. The standard InChI is InChI=1S/C13H14ClN3O4S/c1-3-17(12-11(13(18)19)8-15-16(12)2)22(20,21)10-6-4-9(14)5-7-10/h4-8H,3H2,1-2H3,(H,18,19). The molecule has 0 saturated heterocycles. The van der Waals surface area contributed by atoms with Crippen molar-refractivity contribution in [3.8, 4) is 0 Å². The van der Waals surface area contributed by atoms with Crippen LogP contribution in [0.15, 0.2) is 35.4 Å². The van der Waals surface area contributed by atoms with Crippen molar-refractivity contribution in [1.29, 1.82) is 0 Å². The predicted molar refractivity (Wildman–Crippen MR) is 81.8 cm³/mol. The Morgan fingerprint density at radius 1 is 1.36 bits per heavy atom. The molecule has 0 aliphatic heterocycles. The van der Waals surface area contributed by atoms with Gasteiger partial charge >= 0.3 is 5.97 Å². The number of carboxylic acid groups (broad SMARTS) is 1. The van der Waals surface area contributed by atoms with E-state index < -0.39 is 16.0 Å². The fourth-order valence-corrected chi connectivity index (χ4v) is 3.69. The van der Waals surface area contributed by atoms with Crippen molar-refractivity contribution in [2.24, 2.45) is 7.05 Å². The molecule has 1 heterocycles. The molecule has 0 saturated carbocycles. The Kier molecular flexibility index (Phi) is 4.43. The Hall–Kier alpha value is -2.06. The maximum Gasteiger partial charge on any atom is 0.341 e. The monoisotopic (exact) mass is 343 g/mol. The number of nitrogens with zero attached hydrogens (tertiary/aromatic N) is 3. The third-order valence-electron chi connectivity index (χ3n) is 3.06. The molecule has 0 unspecified atom stereocenters. The zero-order chi connectivity index (χ0) is 16.5. The van der Waals surface area contributed by atoms with E-state index in [1.165, 1.54) is 36.0 Å². The number of aromatic nitrogens is 2. The minimum atomic E-state index is -3.92. The van der Waals surface area contributed by atoms with E-state index in [0.29, 0.717) is 5.02 Å². The zero-order valence-corrected chi connectivity index (χ0v) is 13.5. The molecule has 0 spiro atoms. The zero-order valence-electron chi connectivity index (χ0n) is 11.9. The normalized spacial score (nSPS) is 11.4. The van der Waals surface area contributed by atoms with Gasteiger partial charge in [-0.25, -0.2) is 17.5 Å². The van der Waals surface area contributed by atoms with Gasteiger partial charge < -0.3 is 5.11 Å². The number of anilines is 1. The highest BCUT2D eigenvalue weighted by Gasteiger charge is 2.30. The minimum absolute atomic E-state index is 0.00458. The molecule has 0 fully saturated rings. The molecule has 0 bridgehead atoms. The summed E-state index contributed by atoms with van der Waals surface area (Å²) in [6.45, 7) is 1.68. The number of carboxylic acids is 1. The van der Waals surface area contributed by atoms with Crippen molar-refractivity contribution >= 4 is 33.4 Å². The Labute approximate surface area is 132 Å². The second-order valence-corrected chi connectivity index (χ2v) is 6.73. The Morgan fingerprint density at radius 2 is 1.95 bits per heavy atom. The Bertz CT molecular complexity index is 799. The van der Waals surface area contributed by atoms with Crippen LogP contribution in [0.4, 0.5) is 5.82 Å². The Balaban J connectivity index is 2.59. The molecule has 2 rings (SSSR count). The molecule has 0 aliphatic carbocycles. The van der Waals surface area contributed by atoms with Gasteiger partial charge in [-0.1, -0.05) is 11.6 Å². The van der Waals surface area contributed by atoms with Gasteiger partial charge in [-0.2, -0.15) is 5.10 Å². The number of halogens is 1. The van der Waals surface area contributed by atoms with E-state index in [0.717, 1.165) is 10.5 Å². The minimum Gasteiger partial charge on any atom is -0.477 e. The van der Waals surface area contributed by atoms with Crippen LogP contribution >= 0.6 is 11.6 Å². The summed E-state index contributed by atoms with van der Waals surface area (Å²) in [5.74, 6) is -1.24. The molecular formula is C13H14ClN3O4S. The molecule has 0 amide bonds. The number of sulfonamides is 1. The van der Waals surface area contributed by atoms with E-state index in [9.17, 15) is 18.3 Å². The lowest BCUT2D eigenvalue weighted by Gasteiger charge is -2.23. The maximum absolute atomic E-state index is 12.7. The summed E-state index contributed by atoms with van der Waals surface area (Å²) >= 11 is 5.77. The lowest BCUT2D eigenvalue weighted by molar-refractivity contribution is 0.0697. The fraction of sp³-hybridized carbons (Fsp3) is 0.231. The van der Waals surface area contributed by atoms with Gasteiger partial charge in [-0.05, 0) is 31.2 Å². The number of benzene rings is 1. The second kappa shape index (κ2) is 5.98. The fourth-order valence-electron chi connectivity index (χ4n) is 2.05. The first kappa shape index (κ1) is 16.3. The number of hydrogen-bond acceptors (Lipinski definition) is 4. The van der Waals surface area contributed by atoms with Crippen LogP contribution in [0.3, 0.4) is 0 Å². The van der Waals surface area contributed by atoms with Crippen molar-refractivity contribution < 1.29 is 18.3 Å². The van der Waals surface area contributed by atoms with Gasteiger partial charge in [0.25, 0.3) is 10.0 Å². The van der Waals surface area contributed by atoms with Crippen molar-refractivity contribution in [1.82, 2.24) is 9.78 Å². The molecule has 9 heteroatoms. The van der Waals surface area contributed by atoms with Crippen LogP contribution in [-0.4, -0.2) is 35.8 Å². The van der Waals surface area contributed by atoms with Crippen LogP contribution in [0.2, 0.25) is 5.02 Å². The topological polar surface area (TPSA) is 92.5 Å². The van der Waals surface area contributed by atoms with Gasteiger partial charge in [0.1, 0.15) is 5.56 Å².